The van der Waals surface area contributed by atoms with Crippen LogP contribution in [0.4, 0.5) is 38.1 Å². The number of ether oxygens (including phenoxy) is 2. The molecule has 22 heteroatoms. The Labute approximate surface area is 354 Å². The highest BCUT2D eigenvalue weighted by Crippen LogP contribution is 2.41. The van der Waals surface area contributed by atoms with Crippen LogP contribution in [-0.2, 0) is 20.9 Å². The normalized spacial score (nSPS) is 22.6. The molecular formula is C41H38F6N12O4. The van der Waals surface area contributed by atoms with Gasteiger partial charge in [0.25, 0.3) is 0 Å². The first kappa shape index (κ1) is 40.5. The van der Waals surface area contributed by atoms with Crippen LogP contribution in [-0.4, -0.2) is 137 Å². The van der Waals surface area contributed by atoms with Crippen molar-refractivity contribution >= 4 is 45.6 Å². The number of imidazole rings is 1. The molecule has 8 heterocycles. The van der Waals surface area contributed by atoms with E-state index in [-0.39, 0.29) is 79.5 Å². The second-order valence-corrected chi connectivity index (χ2v) is 16.2. The van der Waals surface area contributed by atoms with Gasteiger partial charge in [0, 0.05) is 63.6 Å². The number of amides is 2. The quantitative estimate of drug-likeness (QED) is 0.223. The Bertz CT molecular complexity index is 2810. The molecule has 2 amide bonds. The zero-order chi connectivity index (χ0) is 44.1. The number of likely N-dealkylation sites (N-methyl/N-ethyl adjacent to an activating group) is 1. The van der Waals surface area contributed by atoms with E-state index in [1.165, 1.54) is 35.3 Å². The van der Waals surface area contributed by atoms with Gasteiger partial charge in [-0.25, -0.2) is 27.8 Å². The van der Waals surface area contributed by atoms with Gasteiger partial charge in [-0.3, -0.25) is 9.59 Å². The number of likely N-dealkylation sites (tertiary alicyclic amines) is 1. The number of carbonyl (C=O) groups excluding carboxylic acids is 2. The summed E-state index contributed by atoms with van der Waals surface area (Å²) in [5, 5.41) is 4.71. The molecule has 4 aromatic heterocycles. The first-order valence-corrected chi connectivity index (χ1v) is 20.3. The van der Waals surface area contributed by atoms with Crippen molar-refractivity contribution < 1.29 is 45.4 Å². The summed E-state index contributed by atoms with van der Waals surface area (Å²) in [6, 6.07) is 5.14. The topological polar surface area (TPSA) is 153 Å². The van der Waals surface area contributed by atoms with Gasteiger partial charge in [-0.2, -0.15) is 33.2 Å². The second kappa shape index (κ2) is 15.1. The first-order valence-electron chi connectivity index (χ1n) is 20.3. The molecule has 6 aromatic rings. The van der Waals surface area contributed by atoms with Crippen LogP contribution in [0.5, 0.6) is 6.01 Å². The lowest BCUT2D eigenvalue weighted by atomic mass is 9.87. The first-order chi connectivity index (χ1) is 30.1. The monoisotopic (exact) mass is 876 g/mol. The number of benzene rings is 2. The van der Waals surface area contributed by atoms with Gasteiger partial charge in [-0.05, 0) is 44.5 Å². The van der Waals surface area contributed by atoms with Crippen molar-refractivity contribution in [1.29, 1.82) is 0 Å². The van der Waals surface area contributed by atoms with Crippen LogP contribution < -0.4 is 14.5 Å². The summed E-state index contributed by atoms with van der Waals surface area (Å²) >= 11 is 0. The van der Waals surface area contributed by atoms with E-state index in [9.17, 15) is 27.2 Å². The molecule has 5 atom stereocenters. The Morgan fingerprint density at radius 3 is 2.48 bits per heavy atom. The van der Waals surface area contributed by atoms with Crippen molar-refractivity contribution in [3.63, 3.8) is 0 Å². The zero-order valence-corrected chi connectivity index (χ0v) is 33.9. The SMILES string of the molecule is CCO[C@H]1CN(C)C(=O)[C@@H]2C[C@@H](CN2c2nc(N3C4CC3CN(C(=O)C(F)(F)F)C4)nc3c2cnn3-c2ccc(F)cc2F)Oc2nccc(n2)-c2cc(F)cc3nc(C)n(c23)C1. The minimum atomic E-state index is -5.05. The summed E-state index contributed by atoms with van der Waals surface area (Å²) in [6.07, 6.45) is -2.90. The Morgan fingerprint density at radius 1 is 0.937 bits per heavy atom. The number of rotatable bonds is 5. The van der Waals surface area contributed by atoms with Crippen LogP contribution in [0.1, 0.15) is 25.6 Å². The number of hydrogen-bond acceptors (Lipinski definition) is 12. The maximum atomic E-state index is 15.4. The van der Waals surface area contributed by atoms with Crippen molar-refractivity contribution in [3.8, 4) is 23.0 Å². The Balaban J connectivity index is 1.09. The second-order valence-electron chi connectivity index (χ2n) is 16.2. The fraction of sp³-hybridized carbons (Fsp3) is 0.415. The minimum Gasteiger partial charge on any atom is -0.458 e. The Hall–Kier alpha value is -6.58. The number of aromatic nitrogens is 8. The highest BCUT2D eigenvalue weighted by molar-refractivity contribution is 5.94. The van der Waals surface area contributed by atoms with Gasteiger partial charge in [0.05, 0.1) is 59.6 Å². The number of nitrogens with zero attached hydrogens (tertiary/aromatic N) is 12. The smallest absolute Gasteiger partial charge is 0.458 e. The third-order valence-corrected chi connectivity index (χ3v) is 12.1. The Morgan fingerprint density at radius 2 is 1.73 bits per heavy atom. The lowest BCUT2D eigenvalue weighted by Gasteiger charge is -2.56. The van der Waals surface area contributed by atoms with E-state index in [0.29, 0.717) is 47.2 Å². The van der Waals surface area contributed by atoms with E-state index in [2.05, 4.69) is 15.1 Å². The minimum absolute atomic E-state index is 0.0330. The van der Waals surface area contributed by atoms with Crippen molar-refractivity contribution in [1.82, 2.24) is 49.1 Å². The standard InChI is InChI=1S/C41H38F6N12O4/c1-4-62-26-17-54(3)37(60)33-13-25(63-40-48-8-7-30(51-40)27-9-22(43)11-31-34(27)56(19-26)20(2)50-31)18-57(33)35-28-14-49-59(32-6-5-21(42)10-29(32)44)36(28)53-39(52-35)58-23-12-24(58)16-55(15-23)38(61)41(45,46)47/h5-11,14,23-26,33H,4,12-13,15-19H2,1-3H3/t23?,24?,25-,26-,33-/m0/s1. The molecule has 0 saturated carbocycles. The molecule has 2 unspecified atom stereocenters. The number of anilines is 2. The van der Waals surface area contributed by atoms with E-state index >= 15 is 8.78 Å². The zero-order valence-electron chi connectivity index (χ0n) is 33.9. The van der Waals surface area contributed by atoms with E-state index in [4.69, 9.17) is 24.4 Å². The predicted octanol–water partition coefficient (Wildman–Crippen LogP) is 4.60. The molecule has 0 aliphatic carbocycles. The number of carbonyl (C=O) groups is 2. The van der Waals surface area contributed by atoms with Gasteiger partial charge in [0.1, 0.15) is 41.1 Å². The maximum Gasteiger partial charge on any atom is 0.471 e. The van der Waals surface area contributed by atoms with Gasteiger partial charge < -0.3 is 33.6 Å². The summed E-state index contributed by atoms with van der Waals surface area (Å²) < 4.78 is 101. The van der Waals surface area contributed by atoms with Gasteiger partial charge >= 0.3 is 18.1 Å². The lowest BCUT2D eigenvalue weighted by molar-refractivity contribution is -0.188. The summed E-state index contributed by atoms with van der Waals surface area (Å²) in [4.78, 5) is 56.3. The molecule has 4 aliphatic heterocycles. The molecule has 63 heavy (non-hydrogen) atoms. The summed E-state index contributed by atoms with van der Waals surface area (Å²) in [7, 11) is 1.65. The number of alkyl halides is 3. The van der Waals surface area contributed by atoms with Crippen LogP contribution in [0, 0.1) is 24.4 Å². The largest absolute Gasteiger partial charge is 0.471 e. The molecule has 328 valence electrons. The molecule has 16 nitrogen and oxygen atoms in total. The molecule has 6 bridgehead atoms. The maximum absolute atomic E-state index is 15.4. The molecule has 3 saturated heterocycles. The van der Waals surface area contributed by atoms with E-state index in [1.54, 1.807) is 34.7 Å². The van der Waals surface area contributed by atoms with E-state index in [1.807, 2.05) is 11.5 Å². The molecule has 3 fully saturated rings. The van der Waals surface area contributed by atoms with Crippen LogP contribution in [0.15, 0.2) is 48.8 Å². The highest BCUT2D eigenvalue weighted by atomic mass is 19.4. The molecule has 2 aromatic carbocycles. The van der Waals surface area contributed by atoms with Crippen molar-refractivity contribution in [3.05, 3.63) is 72.1 Å². The molecule has 4 aliphatic rings. The third kappa shape index (κ3) is 6.99. The average molecular weight is 877 g/mol. The fourth-order valence-corrected chi connectivity index (χ4v) is 9.40. The Kier molecular flexibility index (Phi) is 9.67. The van der Waals surface area contributed by atoms with Crippen LogP contribution >= 0.6 is 0 Å². The number of piperidine rings is 1. The highest BCUT2D eigenvalue weighted by Gasteiger charge is 2.53. The molecule has 0 N–H and O–H groups in total. The molecule has 0 radical (unpaired) electrons. The average Bonchev–Trinajstić information content (AvgIpc) is 3.94. The van der Waals surface area contributed by atoms with Crippen molar-refractivity contribution in [2.45, 2.75) is 69.7 Å². The number of piperazine rings is 1. The van der Waals surface area contributed by atoms with Gasteiger partial charge in [-0.15, -0.1) is 0 Å². The van der Waals surface area contributed by atoms with Crippen molar-refractivity contribution in [2.75, 3.05) is 49.6 Å². The number of halogens is 6. The van der Waals surface area contributed by atoms with E-state index in [0.717, 1.165) is 11.0 Å². The number of fused-ring (bicyclic) bond motifs is 8. The summed E-state index contributed by atoms with van der Waals surface area (Å²) in [6.45, 7) is 3.88. The predicted molar refractivity (Wildman–Crippen MR) is 213 cm³/mol. The summed E-state index contributed by atoms with van der Waals surface area (Å²) in [5.41, 5.74) is 1.78. The van der Waals surface area contributed by atoms with Gasteiger partial charge in [-0.1, -0.05) is 0 Å². The van der Waals surface area contributed by atoms with E-state index < -0.39 is 59.9 Å². The third-order valence-electron chi connectivity index (χ3n) is 12.1. The lowest BCUT2D eigenvalue weighted by Crippen LogP contribution is -2.71. The van der Waals surface area contributed by atoms with Gasteiger partial charge in [0.15, 0.2) is 11.5 Å². The molecule has 10 rings (SSSR count). The van der Waals surface area contributed by atoms with Gasteiger partial charge in [0.2, 0.25) is 11.9 Å². The number of hydrogen-bond donors (Lipinski definition) is 0. The van der Waals surface area contributed by atoms with Crippen molar-refractivity contribution in [2.24, 2.45) is 0 Å². The summed E-state index contributed by atoms with van der Waals surface area (Å²) in [5.74, 6) is -3.73. The number of aryl methyl sites for hydroxylation is 1. The molecular weight excluding hydrogens is 839 g/mol. The molecule has 0 spiro atoms. The van der Waals surface area contributed by atoms with Crippen LogP contribution in [0.3, 0.4) is 0 Å². The van der Waals surface area contributed by atoms with Crippen LogP contribution in [0.2, 0.25) is 0 Å². The van der Waals surface area contributed by atoms with Crippen LogP contribution in [0.25, 0.3) is 39.0 Å². The fourth-order valence-electron chi connectivity index (χ4n) is 9.40.